The van der Waals surface area contributed by atoms with Crippen LogP contribution in [-0.2, 0) is 14.8 Å². The first-order valence-electron chi connectivity index (χ1n) is 13.3. The van der Waals surface area contributed by atoms with Gasteiger partial charge in [-0.1, -0.05) is 11.6 Å². The number of carbonyl (C=O) groups excluding carboxylic acids is 1. The van der Waals surface area contributed by atoms with Crippen LogP contribution in [0.1, 0.15) is 47.8 Å². The number of benzene rings is 1. The summed E-state index contributed by atoms with van der Waals surface area (Å²) in [5.41, 5.74) is 1.94. The first-order chi connectivity index (χ1) is 18.8. The molecule has 13 heteroatoms. The number of sulfonamides is 1. The molecule has 2 aromatic heterocycles. The van der Waals surface area contributed by atoms with Crippen LogP contribution >= 0.6 is 11.6 Å². The fourth-order valence-electron chi connectivity index (χ4n) is 5.47. The number of anilines is 3. The van der Waals surface area contributed by atoms with E-state index in [2.05, 4.69) is 20.6 Å². The van der Waals surface area contributed by atoms with Crippen molar-refractivity contribution < 1.29 is 17.9 Å². The van der Waals surface area contributed by atoms with Crippen LogP contribution in [0, 0.1) is 0 Å². The number of nitrogens with one attached hydrogen (secondary N) is 1. The molecule has 0 bridgehead atoms. The molecule has 11 nitrogen and oxygen atoms in total. The maximum Gasteiger partial charge on any atom is 0.256 e. The van der Waals surface area contributed by atoms with E-state index in [-0.39, 0.29) is 23.2 Å². The molecular formula is C26H32ClN7O4S. The van der Waals surface area contributed by atoms with E-state index in [9.17, 15) is 13.2 Å². The topological polar surface area (TPSA) is 112 Å². The molecule has 3 aliphatic heterocycles. The van der Waals surface area contributed by atoms with Crippen molar-refractivity contribution in [1.29, 1.82) is 0 Å². The molecule has 5 heterocycles. The van der Waals surface area contributed by atoms with Crippen molar-refractivity contribution in [3.63, 3.8) is 0 Å². The number of piperidine rings is 1. The summed E-state index contributed by atoms with van der Waals surface area (Å²) in [5.74, 6) is 1.63. The van der Waals surface area contributed by atoms with E-state index >= 15 is 0 Å². The molecule has 0 spiro atoms. The van der Waals surface area contributed by atoms with Crippen LogP contribution in [0.15, 0.2) is 30.3 Å². The summed E-state index contributed by atoms with van der Waals surface area (Å²) < 4.78 is 33.9. The molecule has 1 aromatic carbocycles. The Morgan fingerprint density at radius 2 is 1.82 bits per heavy atom. The first-order valence-corrected chi connectivity index (χ1v) is 15.6. The summed E-state index contributed by atoms with van der Waals surface area (Å²) in [6.45, 7) is 5.36. The highest BCUT2D eigenvalue weighted by Crippen LogP contribution is 2.35. The third-order valence-corrected chi connectivity index (χ3v) is 8.37. The molecule has 3 aliphatic rings. The third-order valence-electron chi connectivity index (χ3n) is 7.54. The molecule has 208 valence electrons. The summed E-state index contributed by atoms with van der Waals surface area (Å²) in [6, 6.07) is 8.42. The second-order valence-corrected chi connectivity index (χ2v) is 12.5. The number of hydrogen-bond donors (Lipinski definition) is 1. The third kappa shape index (κ3) is 5.37. The zero-order valence-electron chi connectivity index (χ0n) is 21.8. The molecule has 0 aliphatic carbocycles. The van der Waals surface area contributed by atoms with Gasteiger partial charge in [-0.05, 0) is 43.9 Å². The predicted molar refractivity (Wildman–Crippen MR) is 150 cm³/mol. The van der Waals surface area contributed by atoms with E-state index in [1.807, 2.05) is 10.6 Å². The van der Waals surface area contributed by atoms with Gasteiger partial charge in [-0.15, -0.1) is 0 Å². The molecule has 0 saturated carbocycles. The summed E-state index contributed by atoms with van der Waals surface area (Å²) in [6.07, 6.45) is 4.76. The van der Waals surface area contributed by atoms with Gasteiger partial charge < -0.3 is 19.4 Å². The van der Waals surface area contributed by atoms with Gasteiger partial charge in [0, 0.05) is 49.9 Å². The van der Waals surface area contributed by atoms with E-state index in [1.54, 1.807) is 11.0 Å². The van der Waals surface area contributed by atoms with Crippen molar-refractivity contribution in [3.8, 4) is 0 Å². The minimum Gasteiger partial charge on any atom is -0.378 e. The van der Waals surface area contributed by atoms with E-state index in [1.165, 1.54) is 12.1 Å². The van der Waals surface area contributed by atoms with Gasteiger partial charge in [0.2, 0.25) is 10.0 Å². The molecule has 39 heavy (non-hydrogen) atoms. The fourth-order valence-corrected chi connectivity index (χ4v) is 6.22. The van der Waals surface area contributed by atoms with Crippen LogP contribution in [0.4, 0.5) is 17.3 Å². The monoisotopic (exact) mass is 573 g/mol. The van der Waals surface area contributed by atoms with Gasteiger partial charge in [-0.3, -0.25) is 9.52 Å². The van der Waals surface area contributed by atoms with Crippen LogP contribution in [0.2, 0.25) is 5.02 Å². The maximum absolute atomic E-state index is 13.9. The molecule has 1 amide bonds. The number of hydrogen-bond acceptors (Lipinski definition) is 8. The molecular weight excluding hydrogens is 542 g/mol. The highest BCUT2D eigenvalue weighted by Gasteiger charge is 2.33. The number of rotatable bonds is 6. The molecule has 0 radical (unpaired) electrons. The lowest BCUT2D eigenvalue weighted by atomic mass is 9.98. The molecule has 0 unspecified atom stereocenters. The Kier molecular flexibility index (Phi) is 7.02. The first kappa shape index (κ1) is 26.1. The van der Waals surface area contributed by atoms with Gasteiger partial charge in [0.1, 0.15) is 11.6 Å². The van der Waals surface area contributed by atoms with Crippen LogP contribution in [0.5, 0.6) is 0 Å². The van der Waals surface area contributed by atoms with Crippen molar-refractivity contribution >= 4 is 50.5 Å². The molecule has 3 saturated heterocycles. The summed E-state index contributed by atoms with van der Waals surface area (Å²) >= 11 is 6.24. The second kappa shape index (κ2) is 10.5. The standard InChI is InChI=1S/C26H32ClN7O4S/c1-39(36,37)30-20-7-6-18(27)15-19(20)26(35)33-10-3-2-5-22(33)21-16-24-28-23(31-8-4-9-31)17-25(34(24)29-21)32-11-13-38-14-12-32/h6-7,15-17,22,30H,2-5,8-14H2,1H3/t22-/m0/s1. The molecule has 1 N–H and O–H groups in total. The average molecular weight is 574 g/mol. The number of likely N-dealkylation sites (tertiary alicyclic amines) is 1. The summed E-state index contributed by atoms with van der Waals surface area (Å²) in [7, 11) is -3.59. The average Bonchev–Trinajstić information content (AvgIpc) is 3.32. The second-order valence-electron chi connectivity index (χ2n) is 10.3. The van der Waals surface area contributed by atoms with Gasteiger partial charge in [0.05, 0.1) is 42.5 Å². The number of halogens is 1. The van der Waals surface area contributed by atoms with Gasteiger partial charge >= 0.3 is 0 Å². The van der Waals surface area contributed by atoms with Crippen molar-refractivity contribution in [2.75, 3.05) is 66.7 Å². The molecule has 3 aromatic rings. The summed E-state index contributed by atoms with van der Waals surface area (Å²) in [4.78, 5) is 25.2. The van der Waals surface area contributed by atoms with Gasteiger partial charge in [0.25, 0.3) is 5.91 Å². The number of morpholine rings is 1. The van der Waals surface area contributed by atoms with E-state index < -0.39 is 10.0 Å². The molecule has 1 atom stereocenters. The van der Waals surface area contributed by atoms with Crippen LogP contribution in [0.3, 0.4) is 0 Å². The number of nitrogens with zero attached hydrogens (tertiary/aromatic N) is 6. The largest absolute Gasteiger partial charge is 0.378 e. The SMILES string of the molecule is CS(=O)(=O)Nc1ccc(Cl)cc1C(=O)N1CCCC[C@H]1c1cc2nc(N3CCC3)cc(N3CCOCC3)n2n1. The maximum atomic E-state index is 13.9. The quantitative estimate of drug-likeness (QED) is 0.478. The van der Waals surface area contributed by atoms with E-state index in [4.69, 9.17) is 26.4 Å². The number of aromatic nitrogens is 3. The van der Waals surface area contributed by atoms with Crippen molar-refractivity contribution in [3.05, 3.63) is 46.6 Å². The zero-order valence-corrected chi connectivity index (χ0v) is 23.4. The highest BCUT2D eigenvalue weighted by atomic mass is 35.5. The minimum atomic E-state index is -3.59. The minimum absolute atomic E-state index is 0.210. The number of ether oxygens (including phenoxy) is 1. The lowest BCUT2D eigenvalue weighted by molar-refractivity contribution is 0.0607. The van der Waals surface area contributed by atoms with Gasteiger partial charge in [0.15, 0.2) is 5.65 Å². The van der Waals surface area contributed by atoms with Crippen molar-refractivity contribution in [1.82, 2.24) is 19.5 Å². The normalized spacial score (nSPS) is 20.3. The lowest BCUT2D eigenvalue weighted by Gasteiger charge is -2.35. The molecule has 3 fully saturated rings. The van der Waals surface area contributed by atoms with Crippen molar-refractivity contribution in [2.45, 2.75) is 31.7 Å². The number of fused-ring (bicyclic) bond motifs is 1. The predicted octanol–water partition coefficient (Wildman–Crippen LogP) is 3.17. The van der Waals surface area contributed by atoms with Gasteiger partial charge in [-0.2, -0.15) is 9.61 Å². The Balaban J connectivity index is 1.38. The highest BCUT2D eigenvalue weighted by molar-refractivity contribution is 7.92. The van der Waals surface area contributed by atoms with Crippen LogP contribution in [0.25, 0.3) is 5.65 Å². The number of carbonyl (C=O) groups is 1. The Morgan fingerprint density at radius 1 is 1.03 bits per heavy atom. The summed E-state index contributed by atoms with van der Waals surface area (Å²) in [5, 5.41) is 5.36. The van der Waals surface area contributed by atoms with E-state index in [0.29, 0.717) is 24.8 Å². The Bertz CT molecular complexity index is 1500. The Morgan fingerprint density at radius 3 is 2.54 bits per heavy atom. The zero-order chi connectivity index (χ0) is 27.1. The Hall–Kier alpha value is -3.09. The van der Waals surface area contributed by atoms with Crippen LogP contribution < -0.4 is 14.5 Å². The molecule has 6 rings (SSSR count). The Labute approximate surface area is 232 Å². The smallest absolute Gasteiger partial charge is 0.256 e. The lowest BCUT2D eigenvalue weighted by Crippen LogP contribution is -2.40. The van der Waals surface area contributed by atoms with E-state index in [0.717, 1.165) is 81.1 Å². The number of amides is 1. The van der Waals surface area contributed by atoms with Crippen LogP contribution in [-0.4, -0.2) is 86.0 Å². The van der Waals surface area contributed by atoms with Crippen molar-refractivity contribution in [2.24, 2.45) is 0 Å². The fraction of sp³-hybridized carbons (Fsp3) is 0.500. The van der Waals surface area contributed by atoms with Gasteiger partial charge in [-0.25, -0.2) is 13.4 Å².